The van der Waals surface area contributed by atoms with Crippen LogP contribution < -0.4 is 0 Å². The van der Waals surface area contributed by atoms with Gasteiger partial charge < -0.3 is 53.7 Å². The first-order valence-electron chi connectivity index (χ1n) is 21.4. The van der Waals surface area contributed by atoms with Gasteiger partial charge in [0.05, 0.1) is 42.7 Å². The second-order valence-electron chi connectivity index (χ2n) is 18.2. The topological polar surface area (TPSA) is 194 Å². The van der Waals surface area contributed by atoms with Crippen LogP contribution in [0.4, 0.5) is 0 Å². The number of aliphatic hydroxyl groups is 4. The summed E-state index contributed by atoms with van der Waals surface area (Å²) < 4.78 is 36.0. The smallest absolute Gasteiger partial charge is 0.329 e. The lowest BCUT2D eigenvalue weighted by Gasteiger charge is -2.47. The quantitative estimate of drug-likeness (QED) is 0.121. The highest BCUT2D eigenvalue weighted by Crippen LogP contribution is 2.51. The van der Waals surface area contributed by atoms with Crippen LogP contribution in [-0.2, 0) is 42.8 Å². The number of fused-ring (bicyclic) bond motifs is 3. The number of ether oxygens (including phenoxy) is 6. The standard InChI is InChI=1S/C43H71NO13/c1-10-27-18-23(2)17-24(3)19-34(53-8)36-35(54-9)20-25(4)43(51,56-36)38(48)40(49)44-16-12-11-13-29(44)41(50)55-32(22-31(27)46)26(5)37(47)42(6)39(57-42)28-14-15-30(45)33(21-28)52-7/h18,24-37,39,45-47,51H,10-17,19-22H2,1-9H3/b23-18+/t24-,25+,26+,27+,28+,29-,30+,31+,32-,33+,34?,35-,36+,37-,39?,42?,43+/m0/s1. The largest absolute Gasteiger partial charge is 0.460 e. The zero-order valence-electron chi connectivity index (χ0n) is 35.6. The predicted molar refractivity (Wildman–Crippen MR) is 209 cm³/mol. The Morgan fingerprint density at radius 3 is 2.23 bits per heavy atom. The monoisotopic (exact) mass is 809 g/mol. The Balaban J connectivity index is 1.47. The minimum absolute atomic E-state index is 0.0143. The van der Waals surface area contributed by atoms with Crippen molar-refractivity contribution in [3.05, 3.63) is 11.6 Å². The number of aliphatic hydroxyl groups excluding tert-OH is 3. The van der Waals surface area contributed by atoms with Gasteiger partial charge in [-0.25, -0.2) is 4.79 Å². The first-order valence-corrected chi connectivity index (χ1v) is 21.4. The number of hydrogen-bond donors (Lipinski definition) is 4. The highest BCUT2D eigenvalue weighted by Gasteiger charge is 2.63. The van der Waals surface area contributed by atoms with Crippen LogP contribution in [-0.4, -0.2) is 143 Å². The molecule has 5 aliphatic rings. The second kappa shape index (κ2) is 19.1. The molecule has 4 heterocycles. The number of hydrogen-bond acceptors (Lipinski definition) is 13. The number of esters is 1. The zero-order chi connectivity index (χ0) is 42.0. The molecule has 2 bridgehead atoms. The molecule has 4 fully saturated rings. The number of cyclic esters (lactones) is 1. The second-order valence-corrected chi connectivity index (χ2v) is 18.2. The molecule has 0 aromatic carbocycles. The Hall–Kier alpha value is -2.01. The first-order chi connectivity index (χ1) is 26.9. The average Bonchev–Trinajstić information content (AvgIpc) is 3.90. The summed E-state index contributed by atoms with van der Waals surface area (Å²) in [7, 11) is 4.66. The molecule has 14 heteroatoms. The van der Waals surface area contributed by atoms with E-state index in [1.54, 1.807) is 35.2 Å². The van der Waals surface area contributed by atoms with Gasteiger partial charge in [-0.3, -0.25) is 9.59 Å². The summed E-state index contributed by atoms with van der Waals surface area (Å²) in [5.74, 6) is -7.13. The van der Waals surface area contributed by atoms with E-state index >= 15 is 0 Å². The number of methoxy groups -OCH3 is 3. The summed E-state index contributed by atoms with van der Waals surface area (Å²) >= 11 is 0. The van der Waals surface area contributed by atoms with Crippen LogP contribution in [0.1, 0.15) is 112 Å². The molecule has 0 spiro atoms. The molecule has 0 aromatic rings. The van der Waals surface area contributed by atoms with E-state index in [1.807, 2.05) is 20.8 Å². The van der Waals surface area contributed by atoms with Crippen molar-refractivity contribution in [2.75, 3.05) is 27.9 Å². The molecule has 17 atom stereocenters. The number of carbonyl (C=O) groups excluding carboxylic acids is 3. The third-order valence-corrected chi connectivity index (χ3v) is 14.1. The number of ketones is 1. The number of carbonyl (C=O) groups is 3. The molecular formula is C43H71NO13. The van der Waals surface area contributed by atoms with Crippen molar-refractivity contribution in [3.63, 3.8) is 0 Å². The van der Waals surface area contributed by atoms with E-state index in [0.29, 0.717) is 51.4 Å². The van der Waals surface area contributed by atoms with E-state index in [9.17, 15) is 34.8 Å². The van der Waals surface area contributed by atoms with Crippen LogP contribution in [0.2, 0.25) is 0 Å². The molecule has 14 nitrogen and oxygen atoms in total. The number of piperidine rings is 1. The van der Waals surface area contributed by atoms with E-state index in [2.05, 4.69) is 13.0 Å². The number of allylic oxidation sites excluding steroid dienone is 1. The van der Waals surface area contributed by atoms with Crippen LogP contribution >= 0.6 is 0 Å². The Labute approximate surface area is 338 Å². The Kier molecular flexibility index (Phi) is 15.5. The van der Waals surface area contributed by atoms with Crippen LogP contribution in [0.15, 0.2) is 11.6 Å². The molecule has 3 saturated heterocycles. The van der Waals surface area contributed by atoms with Gasteiger partial charge in [-0.1, -0.05) is 39.3 Å². The highest BCUT2D eigenvalue weighted by atomic mass is 16.7. The number of Topliss-reactive ketones (excluding diaryl/α,β-unsaturated/α-hetero) is 1. The molecule has 326 valence electrons. The van der Waals surface area contributed by atoms with Gasteiger partial charge in [0.2, 0.25) is 5.79 Å². The van der Waals surface area contributed by atoms with Crippen LogP contribution in [0.5, 0.6) is 0 Å². The molecule has 1 amide bonds. The fraction of sp³-hybridized carbons (Fsp3) is 0.884. The summed E-state index contributed by atoms with van der Waals surface area (Å²) in [6, 6.07) is -1.14. The predicted octanol–water partition coefficient (Wildman–Crippen LogP) is 3.48. The van der Waals surface area contributed by atoms with Crippen molar-refractivity contribution in [1.29, 1.82) is 0 Å². The SMILES string of the molecule is CC[C@@H]1/C=C(\C)C[C@H](C)CC(OC)[C@H]2O[C@@](O)(C(=O)C(=O)N3CCCC[C@H]3C(=O)O[C@H]([C@@H](C)[C@H](O)C3(C)OC3[C@@H]3CC[C@@H](O)[C@H](OC)C3)C[C@H]1O)[C@H](C)C[C@@H]2OC. The van der Waals surface area contributed by atoms with Crippen molar-refractivity contribution in [3.8, 4) is 0 Å². The summed E-state index contributed by atoms with van der Waals surface area (Å²) in [4.78, 5) is 43.9. The van der Waals surface area contributed by atoms with Gasteiger partial charge in [0, 0.05) is 52.0 Å². The van der Waals surface area contributed by atoms with E-state index in [-0.39, 0.29) is 55.8 Å². The molecule has 0 radical (unpaired) electrons. The first kappa shape index (κ1) is 46.1. The highest BCUT2D eigenvalue weighted by molar-refractivity contribution is 6.39. The molecule has 57 heavy (non-hydrogen) atoms. The Morgan fingerprint density at radius 2 is 1.58 bits per heavy atom. The lowest BCUT2D eigenvalue weighted by atomic mass is 9.76. The molecule has 5 rings (SSSR count). The third-order valence-electron chi connectivity index (χ3n) is 14.1. The number of nitrogens with zero attached hydrogens (tertiary/aromatic N) is 1. The molecule has 3 unspecified atom stereocenters. The minimum atomic E-state index is -2.49. The average molecular weight is 810 g/mol. The van der Waals surface area contributed by atoms with E-state index in [0.717, 1.165) is 5.57 Å². The fourth-order valence-corrected chi connectivity index (χ4v) is 10.3. The van der Waals surface area contributed by atoms with Crippen molar-refractivity contribution in [2.45, 2.75) is 185 Å². The van der Waals surface area contributed by atoms with Gasteiger partial charge in [0.25, 0.3) is 11.7 Å². The van der Waals surface area contributed by atoms with Gasteiger partial charge >= 0.3 is 5.97 Å². The van der Waals surface area contributed by atoms with Crippen molar-refractivity contribution < 1.29 is 63.2 Å². The maximum Gasteiger partial charge on any atom is 0.329 e. The minimum Gasteiger partial charge on any atom is -0.460 e. The van der Waals surface area contributed by atoms with Gasteiger partial charge in [-0.2, -0.15) is 0 Å². The summed E-state index contributed by atoms with van der Waals surface area (Å²) in [5, 5.41) is 46.2. The van der Waals surface area contributed by atoms with Crippen LogP contribution in [0.25, 0.3) is 0 Å². The molecule has 1 saturated carbocycles. The Bertz CT molecular complexity index is 1430. The normalized spacial score (nSPS) is 45.0. The fourth-order valence-electron chi connectivity index (χ4n) is 10.3. The van der Waals surface area contributed by atoms with Gasteiger partial charge in [0.15, 0.2) is 0 Å². The molecule has 4 N–H and O–H groups in total. The van der Waals surface area contributed by atoms with Crippen molar-refractivity contribution in [1.82, 2.24) is 4.90 Å². The maximum absolute atomic E-state index is 14.3. The Morgan fingerprint density at radius 1 is 0.912 bits per heavy atom. The zero-order valence-corrected chi connectivity index (χ0v) is 35.6. The van der Waals surface area contributed by atoms with Crippen molar-refractivity contribution in [2.24, 2.45) is 29.6 Å². The van der Waals surface area contributed by atoms with Gasteiger partial charge in [0.1, 0.15) is 23.9 Å². The van der Waals surface area contributed by atoms with Gasteiger partial charge in [-0.05, 0) is 89.9 Å². The number of epoxide rings is 1. The van der Waals surface area contributed by atoms with E-state index < -0.39 is 89.7 Å². The lowest BCUT2D eigenvalue weighted by Crippen LogP contribution is -2.64. The van der Waals surface area contributed by atoms with Crippen LogP contribution in [0.3, 0.4) is 0 Å². The van der Waals surface area contributed by atoms with E-state index in [4.69, 9.17) is 28.4 Å². The molecular weight excluding hydrogens is 738 g/mol. The number of amides is 1. The maximum atomic E-state index is 14.3. The van der Waals surface area contributed by atoms with Crippen molar-refractivity contribution >= 4 is 17.7 Å². The number of rotatable bonds is 8. The molecule has 0 aromatic heterocycles. The summed E-state index contributed by atoms with van der Waals surface area (Å²) in [5.41, 5.74) is 0.0853. The van der Waals surface area contributed by atoms with Crippen LogP contribution in [0, 0.1) is 29.6 Å². The van der Waals surface area contributed by atoms with Gasteiger partial charge in [-0.15, -0.1) is 0 Å². The summed E-state index contributed by atoms with van der Waals surface area (Å²) in [6.07, 6.45) is 1.13. The lowest BCUT2D eigenvalue weighted by molar-refractivity contribution is -0.302. The van der Waals surface area contributed by atoms with E-state index in [1.165, 1.54) is 4.90 Å². The summed E-state index contributed by atoms with van der Waals surface area (Å²) in [6.45, 7) is 11.4. The third kappa shape index (κ3) is 9.81. The molecule has 4 aliphatic heterocycles. The molecule has 1 aliphatic carbocycles.